The molecule has 0 aliphatic rings. The Hall–Kier alpha value is -3.10. The number of benzene rings is 2. The second-order valence-corrected chi connectivity index (χ2v) is 5.24. The molecule has 1 amide bonds. The molecular formula is C16H14F3N3O3. The Morgan fingerprint density at radius 2 is 1.76 bits per heavy atom. The Labute approximate surface area is 140 Å². The van der Waals surface area contributed by atoms with Crippen LogP contribution in [0.15, 0.2) is 48.5 Å². The lowest BCUT2D eigenvalue weighted by molar-refractivity contribution is -0.384. The number of hydrogen-bond acceptors (Lipinski definition) is 4. The summed E-state index contributed by atoms with van der Waals surface area (Å²) in [6, 6.07) is 9.01. The number of halogens is 3. The van der Waals surface area contributed by atoms with Gasteiger partial charge in [-0.25, -0.2) is 0 Å². The largest absolute Gasteiger partial charge is 0.416 e. The predicted molar refractivity (Wildman–Crippen MR) is 86.3 cm³/mol. The summed E-state index contributed by atoms with van der Waals surface area (Å²) in [5.74, 6) is -0.578. The quantitative estimate of drug-likeness (QED) is 0.627. The highest BCUT2D eigenvalue weighted by Gasteiger charge is 2.30. The fraction of sp³-hybridized carbons (Fsp3) is 0.188. The van der Waals surface area contributed by atoms with Crippen LogP contribution in [0.5, 0.6) is 0 Å². The second-order valence-electron chi connectivity index (χ2n) is 5.24. The molecule has 0 fully saturated rings. The number of anilines is 2. The minimum Gasteiger partial charge on any atom is -0.374 e. The molecule has 132 valence electrons. The Balaban J connectivity index is 2.06. The van der Waals surface area contributed by atoms with Crippen molar-refractivity contribution in [1.29, 1.82) is 0 Å². The van der Waals surface area contributed by atoms with Crippen LogP contribution in [0.3, 0.4) is 0 Å². The summed E-state index contributed by atoms with van der Waals surface area (Å²) in [5, 5.41) is 15.9. The minimum atomic E-state index is -4.51. The molecule has 0 aliphatic heterocycles. The van der Waals surface area contributed by atoms with Gasteiger partial charge in [0.25, 0.3) is 5.69 Å². The summed E-state index contributed by atoms with van der Waals surface area (Å²) in [6.45, 7) is 1.49. The average Bonchev–Trinajstić information content (AvgIpc) is 2.54. The first-order chi connectivity index (χ1) is 11.7. The molecular weight excluding hydrogens is 339 g/mol. The molecule has 0 radical (unpaired) electrons. The molecule has 0 aliphatic carbocycles. The molecule has 6 nitrogen and oxygen atoms in total. The number of amides is 1. The Morgan fingerprint density at radius 1 is 1.12 bits per heavy atom. The van der Waals surface area contributed by atoms with Crippen LogP contribution in [0.25, 0.3) is 0 Å². The third-order valence-electron chi connectivity index (χ3n) is 3.29. The molecule has 9 heteroatoms. The maximum atomic E-state index is 12.7. The highest BCUT2D eigenvalue weighted by Crippen LogP contribution is 2.30. The van der Waals surface area contributed by atoms with Crippen LogP contribution in [0.4, 0.5) is 30.2 Å². The van der Waals surface area contributed by atoms with Crippen LogP contribution in [0, 0.1) is 10.1 Å². The molecule has 0 aromatic heterocycles. The Morgan fingerprint density at radius 3 is 2.40 bits per heavy atom. The second kappa shape index (κ2) is 7.20. The van der Waals surface area contributed by atoms with Crippen LogP contribution in [-0.2, 0) is 11.0 Å². The summed E-state index contributed by atoms with van der Waals surface area (Å²) in [7, 11) is 0. The van der Waals surface area contributed by atoms with Gasteiger partial charge in [0.2, 0.25) is 5.91 Å². The highest BCUT2D eigenvalue weighted by atomic mass is 19.4. The molecule has 2 aromatic rings. The lowest BCUT2D eigenvalue weighted by atomic mass is 10.2. The Bertz CT molecular complexity index is 793. The molecule has 0 bridgehead atoms. The SMILES string of the molecule is C[C@@H](Nc1cccc([N+](=O)[O-])c1)C(=O)Nc1cccc(C(F)(F)F)c1. The van der Waals surface area contributed by atoms with Crippen molar-refractivity contribution in [3.63, 3.8) is 0 Å². The van der Waals surface area contributed by atoms with E-state index >= 15 is 0 Å². The number of hydrogen-bond donors (Lipinski definition) is 2. The zero-order valence-corrected chi connectivity index (χ0v) is 13.0. The smallest absolute Gasteiger partial charge is 0.374 e. The molecule has 0 spiro atoms. The third-order valence-corrected chi connectivity index (χ3v) is 3.29. The average molecular weight is 353 g/mol. The van der Waals surface area contributed by atoms with Gasteiger partial charge < -0.3 is 10.6 Å². The molecule has 1 atom stereocenters. The maximum Gasteiger partial charge on any atom is 0.416 e. The van der Waals surface area contributed by atoms with Gasteiger partial charge in [0.1, 0.15) is 6.04 Å². The zero-order valence-electron chi connectivity index (χ0n) is 13.0. The summed E-state index contributed by atoms with van der Waals surface area (Å²) >= 11 is 0. The molecule has 2 N–H and O–H groups in total. The van der Waals surface area contributed by atoms with E-state index in [0.717, 1.165) is 12.1 Å². The topological polar surface area (TPSA) is 84.3 Å². The van der Waals surface area contributed by atoms with Gasteiger partial charge in [-0.3, -0.25) is 14.9 Å². The van der Waals surface area contributed by atoms with Crippen molar-refractivity contribution < 1.29 is 22.9 Å². The zero-order chi connectivity index (χ0) is 18.6. The van der Waals surface area contributed by atoms with Gasteiger partial charge in [-0.15, -0.1) is 0 Å². The number of nitrogens with one attached hydrogen (secondary N) is 2. The van der Waals surface area contributed by atoms with Crippen molar-refractivity contribution in [2.45, 2.75) is 19.1 Å². The summed E-state index contributed by atoms with van der Waals surface area (Å²) < 4.78 is 38.0. The van der Waals surface area contributed by atoms with E-state index in [1.807, 2.05) is 0 Å². The number of nitro groups is 1. The number of non-ortho nitro benzene ring substituents is 1. The first kappa shape index (κ1) is 18.2. The van der Waals surface area contributed by atoms with E-state index in [-0.39, 0.29) is 11.4 Å². The van der Waals surface area contributed by atoms with Crippen LogP contribution in [0.2, 0.25) is 0 Å². The van der Waals surface area contributed by atoms with E-state index in [0.29, 0.717) is 5.69 Å². The summed E-state index contributed by atoms with van der Waals surface area (Å²) in [5.41, 5.74) is -0.659. The molecule has 0 saturated heterocycles. The highest BCUT2D eigenvalue weighted by molar-refractivity contribution is 5.96. The number of rotatable bonds is 5. The molecule has 2 aromatic carbocycles. The van der Waals surface area contributed by atoms with Gasteiger partial charge in [0.05, 0.1) is 10.5 Å². The van der Waals surface area contributed by atoms with Crippen molar-refractivity contribution in [3.05, 3.63) is 64.2 Å². The van der Waals surface area contributed by atoms with E-state index in [1.54, 1.807) is 6.07 Å². The minimum absolute atomic E-state index is 0.00696. The molecule has 2 rings (SSSR count). The molecule has 0 unspecified atom stereocenters. The predicted octanol–water partition coefficient (Wildman–Crippen LogP) is 4.05. The fourth-order valence-corrected chi connectivity index (χ4v) is 2.05. The van der Waals surface area contributed by atoms with Gasteiger partial charge in [0, 0.05) is 23.5 Å². The first-order valence-corrected chi connectivity index (χ1v) is 7.16. The van der Waals surface area contributed by atoms with Gasteiger partial charge in [-0.1, -0.05) is 12.1 Å². The first-order valence-electron chi connectivity index (χ1n) is 7.16. The number of alkyl halides is 3. The van der Waals surface area contributed by atoms with Crippen molar-refractivity contribution in [2.24, 2.45) is 0 Å². The van der Waals surface area contributed by atoms with E-state index in [2.05, 4.69) is 10.6 Å². The normalized spacial score (nSPS) is 12.3. The number of carbonyl (C=O) groups is 1. The van der Waals surface area contributed by atoms with Crippen molar-refractivity contribution in [2.75, 3.05) is 10.6 Å². The van der Waals surface area contributed by atoms with Crippen LogP contribution < -0.4 is 10.6 Å². The van der Waals surface area contributed by atoms with E-state index in [9.17, 15) is 28.1 Å². The summed E-state index contributed by atoms with van der Waals surface area (Å²) in [4.78, 5) is 22.3. The summed E-state index contributed by atoms with van der Waals surface area (Å²) in [6.07, 6.45) is -4.51. The lowest BCUT2D eigenvalue weighted by Gasteiger charge is -2.16. The van der Waals surface area contributed by atoms with Gasteiger partial charge in [0.15, 0.2) is 0 Å². The standard InChI is InChI=1S/C16H14F3N3O3/c1-10(20-13-6-3-7-14(9-13)22(24)25)15(23)21-12-5-2-4-11(8-12)16(17,18)19/h2-10,20H,1H3,(H,21,23)/t10-/m1/s1. The third kappa shape index (κ3) is 4.93. The maximum absolute atomic E-state index is 12.7. The lowest BCUT2D eigenvalue weighted by Crippen LogP contribution is -2.31. The van der Waals surface area contributed by atoms with Crippen LogP contribution in [0.1, 0.15) is 12.5 Å². The Kier molecular flexibility index (Phi) is 5.26. The monoisotopic (exact) mass is 353 g/mol. The number of nitrogens with zero attached hydrogens (tertiary/aromatic N) is 1. The van der Waals surface area contributed by atoms with Crippen molar-refractivity contribution in [3.8, 4) is 0 Å². The van der Waals surface area contributed by atoms with Crippen LogP contribution in [-0.4, -0.2) is 16.9 Å². The number of carbonyl (C=O) groups excluding carboxylic acids is 1. The van der Waals surface area contributed by atoms with Gasteiger partial charge >= 0.3 is 6.18 Å². The van der Waals surface area contributed by atoms with Gasteiger partial charge in [-0.05, 0) is 31.2 Å². The van der Waals surface area contributed by atoms with E-state index in [4.69, 9.17) is 0 Å². The van der Waals surface area contributed by atoms with Crippen molar-refractivity contribution in [1.82, 2.24) is 0 Å². The van der Waals surface area contributed by atoms with E-state index < -0.39 is 28.6 Å². The van der Waals surface area contributed by atoms with Crippen molar-refractivity contribution >= 4 is 23.0 Å². The molecule has 25 heavy (non-hydrogen) atoms. The van der Waals surface area contributed by atoms with E-state index in [1.165, 1.54) is 37.3 Å². The number of nitro benzene ring substituents is 1. The molecule has 0 heterocycles. The van der Waals surface area contributed by atoms with Gasteiger partial charge in [-0.2, -0.15) is 13.2 Å². The molecule has 0 saturated carbocycles. The van der Waals surface area contributed by atoms with Crippen LogP contribution >= 0.6 is 0 Å². The fourth-order valence-electron chi connectivity index (χ4n) is 2.05.